The monoisotopic (exact) mass is 444 g/mol. The number of nitrogens with two attached hydrogens (primary N) is 1. The van der Waals surface area contributed by atoms with Gasteiger partial charge < -0.3 is 20.7 Å². The van der Waals surface area contributed by atoms with Gasteiger partial charge in [0.2, 0.25) is 11.8 Å². The van der Waals surface area contributed by atoms with Crippen molar-refractivity contribution >= 4 is 35.0 Å². The highest BCUT2D eigenvalue weighted by Crippen LogP contribution is 2.30. The largest absolute Gasteiger partial charge is 0.497 e. The normalized spacial score (nSPS) is 14.2. The van der Waals surface area contributed by atoms with E-state index < -0.39 is 10.8 Å². The SMILES string of the molecule is COc1ccc(N2CCC(NC(=O)CSc3ccc(C(N)=O)cc3[N+](=O)[O-])CC2)cc1. The maximum Gasteiger partial charge on any atom is 0.283 e. The second kappa shape index (κ2) is 10.2. The van der Waals surface area contributed by atoms with E-state index in [4.69, 9.17) is 10.5 Å². The Morgan fingerprint density at radius 2 is 1.90 bits per heavy atom. The summed E-state index contributed by atoms with van der Waals surface area (Å²) in [7, 11) is 1.63. The molecular weight excluding hydrogens is 420 g/mol. The van der Waals surface area contributed by atoms with Crippen LogP contribution in [0.1, 0.15) is 23.2 Å². The van der Waals surface area contributed by atoms with Gasteiger partial charge in [0.05, 0.1) is 22.7 Å². The lowest BCUT2D eigenvalue weighted by Crippen LogP contribution is -2.45. The fraction of sp³-hybridized carbons (Fsp3) is 0.333. The first-order chi connectivity index (χ1) is 14.9. The summed E-state index contributed by atoms with van der Waals surface area (Å²) >= 11 is 1.07. The second-order valence-corrected chi connectivity index (χ2v) is 8.14. The number of hydrogen-bond donors (Lipinski definition) is 2. The minimum Gasteiger partial charge on any atom is -0.497 e. The zero-order chi connectivity index (χ0) is 22.4. The van der Waals surface area contributed by atoms with Crippen LogP contribution in [-0.2, 0) is 4.79 Å². The summed E-state index contributed by atoms with van der Waals surface area (Å²) < 4.78 is 5.18. The highest BCUT2D eigenvalue weighted by molar-refractivity contribution is 8.00. The number of ether oxygens (including phenoxy) is 1. The molecule has 164 valence electrons. The van der Waals surface area contributed by atoms with Crippen LogP contribution in [0.5, 0.6) is 5.75 Å². The van der Waals surface area contributed by atoms with E-state index in [1.807, 2.05) is 24.3 Å². The Hall–Kier alpha value is -3.27. The van der Waals surface area contributed by atoms with Crippen LogP contribution >= 0.6 is 11.8 Å². The minimum atomic E-state index is -0.738. The predicted octanol–water partition coefficient (Wildman–Crippen LogP) is 2.58. The van der Waals surface area contributed by atoms with Gasteiger partial charge >= 0.3 is 0 Å². The molecule has 0 spiro atoms. The smallest absolute Gasteiger partial charge is 0.283 e. The van der Waals surface area contributed by atoms with E-state index in [9.17, 15) is 19.7 Å². The number of amides is 2. The van der Waals surface area contributed by atoms with Crippen molar-refractivity contribution in [3.8, 4) is 5.75 Å². The van der Waals surface area contributed by atoms with Crippen LogP contribution in [0, 0.1) is 10.1 Å². The van der Waals surface area contributed by atoms with Crippen LogP contribution in [0.25, 0.3) is 0 Å². The molecule has 2 amide bonds. The lowest BCUT2D eigenvalue weighted by atomic mass is 10.0. The number of carbonyl (C=O) groups excluding carboxylic acids is 2. The third-order valence-corrected chi connectivity index (χ3v) is 6.16. The summed E-state index contributed by atoms with van der Waals surface area (Å²) in [5, 5.41) is 14.3. The lowest BCUT2D eigenvalue weighted by Gasteiger charge is -2.34. The zero-order valence-corrected chi connectivity index (χ0v) is 17.9. The number of piperidine rings is 1. The Bertz CT molecular complexity index is 959. The average molecular weight is 445 g/mol. The van der Waals surface area contributed by atoms with Gasteiger partial charge in [-0.1, -0.05) is 0 Å². The van der Waals surface area contributed by atoms with Crippen LogP contribution in [-0.4, -0.2) is 48.7 Å². The number of carbonyl (C=O) groups is 2. The molecule has 2 aromatic rings. The average Bonchev–Trinajstić information content (AvgIpc) is 2.78. The number of nitro groups is 1. The summed E-state index contributed by atoms with van der Waals surface area (Å²) in [6, 6.07) is 12.0. The molecule has 0 atom stereocenters. The van der Waals surface area contributed by atoms with Crippen LogP contribution in [0.2, 0.25) is 0 Å². The second-order valence-electron chi connectivity index (χ2n) is 7.12. The quantitative estimate of drug-likeness (QED) is 0.364. The third kappa shape index (κ3) is 5.88. The molecule has 31 heavy (non-hydrogen) atoms. The molecule has 10 heteroatoms. The molecule has 1 aliphatic rings. The molecular formula is C21H24N4O5S. The first-order valence-electron chi connectivity index (χ1n) is 9.77. The van der Waals surface area contributed by atoms with Crippen molar-refractivity contribution in [3.63, 3.8) is 0 Å². The van der Waals surface area contributed by atoms with Gasteiger partial charge in [0.15, 0.2) is 0 Å². The van der Waals surface area contributed by atoms with Crippen LogP contribution in [0.4, 0.5) is 11.4 Å². The maximum absolute atomic E-state index is 12.4. The summed E-state index contributed by atoms with van der Waals surface area (Å²) in [6.45, 7) is 1.65. The summed E-state index contributed by atoms with van der Waals surface area (Å²) in [5.41, 5.74) is 6.12. The summed E-state index contributed by atoms with van der Waals surface area (Å²) in [4.78, 5) is 36.9. The fourth-order valence-corrected chi connectivity index (χ4v) is 4.24. The van der Waals surface area contributed by atoms with Gasteiger partial charge in [0, 0.05) is 36.4 Å². The molecule has 0 aromatic heterocycles. The molecule has 1 saturated heterocycles. The number of primary amides is 1. The highest BCUT2D eigenvalue weighted by Gasteiger charge is 2.22. The Morgan fingerprint density at radius 1 is 1.23 bits per heavy atom. The maximum atomic E-state index is 12.4. The van der Waals surface area contributed by atoms with Gasteiger partial charge in [0.25, 0.3) is 5.69 Å². The number of nitrogens with zero attached hydrogens (tertiary/aromatic N) is 2. The molecule has 1 fully saturated rings. The van der Waals surface area contributed by atoms with Crippen molar-refractivity contribution in [1.29, 1.82) is 0 Å². The van der Waals surface area contributed by atoms with E-state index in [-0.39, 0.29) is 29.0 Å². The number of benzene rings is 2. The van der Waals surface area contributed by atoms with E-state index in [0.29, 0.717) is 4.90 Å². The van der Waals surface area contributed by atoms with Gasteiger partial charge in [-0.3, -0.25) is 19.7 Å². The minimum absolute atomic E-state index is 0.0510. The van der Waals surface area contributed by atoms with Crippen LogP contribution in [0.15, 0.2) is 47.4 Å². The zero-order valence-electron chi connectivity index (χ0n) is 17.1. The molecule has 2 aromatic carbocycles. The first kappa shape index (κ1) is 22.4. The molecule has 0 aliphatic carbocycles. The Kier molecular flexibility index (Phi) is 7.35. The standard InChI is InChI=1S/C21H24N4O5S/c1-30-17-5-3-16(4-6-17)24-10-8-15(9-11-24)23-20(26)13-31-19-7-2-14(21(22)27)12-18(19)25(28)29/h2-7,12,15H,8-11,13H2,1H3,(H2,22,27)(H,23,26). The Balaban J connectivity index is 1.49. The van der Waals surface area contributed by atoms with Gasteiger partial charge in [-0.15, -0.1) is 11.8 Å². The highest BCUT2D eigenvalue weighted by atomic mass is 32.2. The summed E-state index contributed by atoms with van der Waals surface area (Å²) in [5.74, 6) is -0.0532. The number of nitrogens with one attached hydrogen (secondary N) is 1. The number of anilines is 1. The number of methoxy groups -OCH3 is 1. The van der Waals surface area contributed by atoms with Crippen molar-refractivity contribution in [2.24, 2.45) is 5.73 Å². The number of rotatable bonds is 8. The number of nitro benzene ring substituents is 1. The van der Waals surface area contributed by atoms with Crippen LogP contribution in [0.3, 0.4) is 0 Å². The van der Waals surface area contributed by atoms with Gasteiger partial charge in [0.1, 0.15) is 5.75 Å². The predicted molar refractivity (Wildman–Crippen MR) is 119 cm³/mol. The first-order valence-corrected chi connectivity index (χ1v) is 10.8. The fourth-order valence-electron chi connectivity index (χ4n) is 3.42. The van der Waals surface area contributed by atoms with E-state index in [0.717, 1.165) is 55.2 Å². The van der Waals surface area contributed by atoms with Crippen molar-refractivity contribution < 1.29 is 19.2 Å². The van der Waals surface area contributed by atoms with Crippen molar-refractivity contribution in [3.05, 3.63) is 58.1 Å². The Morgan fingerprint density at radius 3 is 2.48 bits per heavy atom. The third-order valence-electron chi connectivity index (χ3n) is 5.10. The van der Waals surface area contributed by atoms with E-state index in [1.54, 1.807) is 7.11 Å². The van der Waals surface area contributed by atoms with Crippen LogP contribution < -0.4 is 20.7 Å². The topological polar surface area (TPSA) is 128 Å². The Labute approximate surface area is 184 Å². The van der Waals surface area contributed by atoms with E-state index >= 15 is 0 Å². The lowest BCUT2D eigenvalue weighted by molar-refractivity contribution is -0.387. The molecule has 3 rings (SSSR count). The molecule has 0 saturated carbocycles. The van der Waals surface area contributed by atoms with Crippen molar-refractivity contribution in [2.75, 3.05) is 30.9 Å². The van der Waals surface area contributed by atoms with Gasteiger partial charge in [-0.2, -0.15) is 0 Å². The number of thioether (sulfide) groups is 1. The molecule has 0 unspecified atom stereocenters. The molecule has 1 aliphatic heterocycles. The van der Waals surface area contributed by atoms with Crippen molar-refractivity contribution in [1.82, 2.24) is 5.32 Å². The molecule has 9 nitrogen and oxygen atoms in total. The summed E-state index contributed by atoms with van der Waals surface area (Å²) in [6.07, 6.45) is 1.63. The van der Waals surface area contributed by atoms with E-state index in [1.165, 1.54) is 12.1 Å². The van der Waals surface area contributed by atoms with Gasteiger partial charge in [-0.25, -0.2) is 0 Å². The van der Waals surface area contributed by atoms with E-state index in [2.05, 4.69) is 10.2 Å². The number of hydrogen-bond acceptors (Lipinski definition) is 7. The molecule has 3 N–H and O–H groups in total. The molecule has 1 heterocycles. The molecule has 0 radical (unpaired) electrons. The molecule has 0 bridgehead atoms. The van der Waals surface area contributed by atoms with Gasteiger partial charge in [-0.05, 0) is 49.2 Å². The van der Waals surface area contributed by atoms with Crippen molar-refractivity contribution in [2.45, 2.75) is 23.8 Å².